The highest BCUT2D eigenvalue weighted by Crippen LogP contribution is 2.34. The number of nitrogens with two attached hydrogens (primary N) is 1. The molecule has 4 nitrogen and oxygen atoms in total. The number of hydrogen-bond donors (Lipinski definition) is 2. The second kappa shape index (κ2) is 5.32. The van der Waals surface area contributed by atoms with E-state index in [0.717, 1.165) is 28.0 Å². The van der Waals surface area contributed by atoms with Crippen molar-refractivity contribution in [3.63, 3.8) is 0 Å². The molecule has 0 aliphatic rings. The molecule has 3 N–H and O–H groups in total. The first kappa shape index (κ1) is 13.2. The highest BCUT2D eigenvalue weighted by molar-refractivity contribution is 5.99. The van der Waals surface area contributed by atoms with E-state index in [9.17, 15) is 0 Å². The summed E-state index contributed by atoms with van der Waals surface area (Å²) in [6.07, 6.45) is 1.70. The van der Waals surface area contributed by atoms with Gasteiger partial charge >= 0.3 is 0 Å². The molecule has 3 rings (SSSR count). The van der Waals surface area contributed by atoms with Crippen LogP contribution in [0.5, 0.6) is 0 Å². The van der Waals surface area contributed by atoms with E-state index in [1.165, 1.54) is 0 Å². The van der Waals surface area contributed by atoms with Gasteiger partial charge < -0.3 is 16.0 Å². The maximum atomic E-state index is 6.12. The van der Waals surface area contributed by atoms with Crippen LogP contribution in [0.1, 0.15) is 0 Å². The molecule has 1 heterocycles. The highest BCUT2D eigenvalue weighted by atomic mass is 15.1. The maximum absolute atomic E-state index is 6.12. The molecule has 4 heteroatoms. The minimum Gasteiger partial charge on any atom is -0.396 e. The quantitative estimate of drug-likeness (QED) is 0.768. The van der Waals surface area contributed by atoms with Gasteiger partial charge in [0.1, 0.15) is 0 Å². The van der Waals surface area contributed by atoms with Crippen LogP contribution in [0.15, 0.2) is 54.7 Å². The number of para-hydroxylation sites is 3. The zero-order valence-electron chi connectivity index (χ0n) is 12.2. The van der Waals surface area contributed by atoms with Gasteiger partial charge in [0.15, 0.2) is 0 Å². The number of nitrogens with one attached hydrogen (secondary N) is 1. The van der Waals surface area contributed by atoms with Crippen molar-refractivity contribution >= 4 is 33.7 Å². The molecule has 2 aromatic carbocycles. The van der Waals surface area contributed by atoms with Gasteiger partial charge in [-0.25, -0.2) is 0 Å². The van der Waals surface area contributed by atoms with Gasteiger partial charge in [-0.05, 0) is 18.2 Å². The van der Waals surface area contributed by atoms with E-state index < -0.39 is 0 Å². The Hall–Kier alpha value is -2.75. The predicted octanol–water partition coefficient (Wildman–Crippen LogP) is 3.63. The van der Waals surface area contributed by atoms with Crippen LogP contribution in [-0.2, 0) is 0 Å². The number of hydrogen-bond acceptors (Lipinski definition) is 4. The smallest absolute Gasteiger partial charge is 0.0746 e. The zero-order valence-corrected chi connectivity index (χ0v) is 12.2. The Labute approximate surface area is 124 Å². The Balaban J connectivity index is 2.12. The summed E-state index contributed by atoms with van der Waals surface area (Å²) < 4.78 is 0. The van der Waals surface area contributed by atoms with E-state index in [-0.39, 0.29) is 0 Å². The van der Waals surface area contributed by atoms with Gasteiger partial charge in [-0.2, -0.15) is 0 Å². The molecule has 0 unspecified atom stereocenters. The first-order valence-electron chi connectivity index (χ1n) is 6.83. The molecular formula is C17H18N4. The van der Waals surface area contributed by atoms with E-state index in [1.54, 1.807) is 6.20 Å². The Bertz CT molecular complexity index is 781. The monoisotopic (exact) mass is 278 g/mol. The fourth-order valence-corrected chi connectivity index (χ4v) is 2.40. The third kappa shape index (κ3) is 2.48. The summed E-state index contributed by atoms with van der Waals surface area (Å²) in [6, 6.07) is 16.1. The number of benzene rings is 2. The van der Waals surface area contributed by atoms with Crippen molar-refractivity contribution in [1.29, 1.82) is 0 Å². The van der Waals surface area contributed by atoms with E-state index in [1.807, 2.05) is 56.6 Å². The van der Waals surface area contributed by atoms with Crippen molar-refractivity contribution in [1.82, 2.24) is 4.98 Å². The molecule has 0 saturated carbocycles. The van der Waals surface area contributed by atoms with E-state index >= 15 is 0 Å². The fourth-order valence-electron chi connectivity index (χ4n) is 2.40. The first-order valence-corrected chi connectivity index (χ1v) is 6.83. The molecule has 21 heavy (non-hydrogen) atoms. The lowest BCUT2D eigenvalue weighted by Crippen LogP contribution is -2.11. The number of anilines is 4. The van der Waals surface area contributed by atoms with Gasteiger partial charge in [-0.1, -0.05) is 30.3 Å². The fraction of sp³-hybridized carbons (Fsp3) is 0.118. The first-order chi connectivity index (χ1) is 10.2. The van der Waals surface area contributed by atoms with Crippen molar-refractivity contribution in [2.45, 2.75) is 0 Å². The van der Waals surface area contributed by atoms with Crippen LogP contribution in [0, 0.1) is 0 Å². The highest BCUT2D eigenvalue weighted by Gasteiger charge is 2.09. The number of pyridine rings is 1. The molecule has 3 aromatic rings. The van der Waals surface area contributed by atoms with Gasteiger partial charge in [-0.15, -0.1) is 0 Å². The molecule has 0 radical (unpaired) electrons. The summed E-state index contributed by atoms with van der Waals surface area (Å²) in [5.41, 5.74) is 10.7. The van der Waals surface area contributed by atoms with Gasteiger partial charge in [0.05, 0.1) is 34.5 Å². The van der Waals surface area contributed by atoms with Crippen molar-refractivity contribution < 1.29 is 0 Å². The normalized spacial score (nSPS) is 10.6. The number of nitrogen functional groups attached to an aromatic ring is 1. The average molecular weight is 278 g/mol. The van der Waals surface area contributed by atoms with Gasteiger partial charge in [0.2, 0.25) is 0 Å². The third-order valence-electron chi connectivity index (χ3n) is 3.45. The van der Waals surface area contributed by atoms with Gasteiger partial charge in [0, 0.05) is 19.5 Å². The SMILES string of the molecule is CN(C)c1ccccc1Nc1c(N)cnc2ccccc12. The second-order valence-corrected chi connectivity index (χ2v) is 5.14. The Morgan fingerprint density at radius 1 is 1.00 bits per heavy atom. The minimum absolute atomic E-state index is 0.641. The summed E-state index contributed by atoms with van der Waals surface area (Å²) >= 11 is 0. The molecule has 0 fully saturated rings. The van der Waals surface area contributed by atoms with Crippen LogP contribution >= 0.6 is 0 Å². The van der Waals surface area contributed by atoms with Gasteiger partial charge in [-0.3, -0.25) is 4.98 Å². The number of fused-ring (bicyclic) bond motifs is 1. The van der Waals surface area contributed by atoms with Crippen molar-refractivity contribution in [2.75, 3.05) is 30.0 Å². The van der Waals surface area contributed by atoms with Crippen LogP contribution < -0.4 is 16.0 Å². The van der Waals surface area contributed by atoms with E-state index in [0.29, 0.717) is 5.69 Å². The molecule has 1 aromatic heterocycles. The van der Waals surface area contributed by atoms with Crippen LogP contribution in [0.3, 0.4) is 0 Å². The lowest BCUT2D eigenvalue weighted by Gasteiger charge is -2.19. The average Bonchev–Trinajstić information content (AvgIpc) is 2.50. The molecule has 0 aliphatic carbocycles. The summed E-state index contributed by atoms with van der Waals surface area (Å²) in [4.78, 5) is 6.44. The van der Waals surface area contributed by atoms with Crippen LogP contribution in [-0.4, -0.2) is 19.1 Å². The predicted molar refractivity (Wildman–Crippen MR) is 90.2 cm³/mol. The molecule has 0 spiro atoms. The van der Waals surface area contributed by atoms with E-state index in [4.69, 9.17) is 5.73 Å². The van der Waals surface area contributed by atoms with Gasteiger partial charge in [0.25, 0.3) is 0 Å². The lowest BCUT2D eigenvalue weighted by molar-refractivity contribution is 1.13. The number of aromatic nitrogens is 1. The Kier molecular flexibility index (Phi) is 3.36. The van der Waals surface area contributed by atoms with Crippen LogP contribution in [0.2, 0.25) is 0 Å². The van der Waals surface area contributed by atoms with E-state index in [2.05, 4.69) is 21.3 Å². The molecule has 106 valence electrons. The largest absolute Gasteiger partial charge is 0.396 e. The van der Waals surface area contributed by atoms with Crippen molar-refractivity contribution in [3.05, 3.63) is 54.7 Å². The number of rotatable bonds is 3. The molecule has 0 atom stereocenters. The maximum Gasteiger partial charge on any atom is 0.0746 e. The van der Waals surface area contributed by atoms with Crippen molar-refractivity contribution in [2.24, 2.45) is 0 Å². The third-order valence-corrected chi connectivity index (χ3v) is 3.45. The summed E-state index contributed by atoms with van der Waals surface area (Å²) in [5.74, 6) is 0. The van der Waals surface area contributed by atoms with Crippen LogP contribution in [0.25, 0.3) is 10.9 Å². The minimum atomic E-state index is 0.641. The summed E-state index contributed by atoms with van der Waals surface area (Å²) in [5, 5.41) is 4.48. The lowest BCUT2D eigenvalue weighted by atomic mass is 10.1. The second-order valence-electron chi connectivity index (χ2n) is 5.14. The molecular weight excluding hydrogens is 260 g/mol. The Morgan fingerprint density at radius 2 is 1.71 bits per heavy atom. The zero-order chi connectivity index (χ0) is 14.8. The molecule has 0 amide bonds. The molecule has 0 bridgehead atoms. The number of nitrogens with zero attached hydrogens (tertiary/aromatic N) is 2. The topological polar surface area (TPSA) is 54.2 Å². The standard InChI is InChI=1S/C17H18N4/c1-21(2)16-10-6-5-9-15(16)20-17-12-7-3-4-8-14(12)19-11-13(17)18/h3-11H,18H2,1-2H3,(H,19,20). The Morgan fingerprint density at radius 3 is 2.52 bits per heavy atom. The molecule has 0 saturated heterocycles. The van der Waals surface area contributed by atoms with Crippen LogP contribution in [0.4, 0.5) is 22.7 Å². The summed E-state index contributed by atoms with van der Waals surface area (Å²) in [7, 11) is 4.04. The van der Waals surface area contributed by atoms with Crippen molar-refractivity contribution in [3.8, 4) is 0 Å². The summed E-state index contributed by atoms with van der Waals surface area (Å²) in [6.45, 7) is 0. The molecule has 0 aliphatic heterocycles.